The van der Waals surface area contributed by atoms with Crippen molar-refractivity contribution in [1.82, 2.24) is 10.6 Å². The smallest absolute Gasteiger partial charge is 0.315 e. The van der Waals surface area contributed by atoms with Crippen LogP contribution in [0.1, 0.15) is 33.6 Å². The molecule has 0 bridgehead atoms. The van der Waals surface area contributed by atoms with E-state index in [1.807, 2.05) is 20.8 Å². The molecule has 0 aliphatic carbocycles. The molecule has 1 atom stereocenters. The molecule has 1 unspecified atom stereocenters. The summed E-state index contributed by atoms with van der Waals surface area (Å²) in [7, 11) is 1.56. The molecule has 0 fully saturated rings. The summed E-state index contributed by atoms with van der Waals surface area (Å²) in [6.45, 7) is 5.97. The molecule has 0 aromatic rings. The van der Waals surface area contributed by atoms with Gasteiger partial charge in [0, 0.05) is 13.7 Å². The topological polar surface area (TPSA) is 87.7 Å². The van der Waals surface area contributed by atoms with Gasteiger partial charge in [-0.1, -0.05) is 13.8 Å². The lowest BCUT2D eigenvalue weighted by atomic mass is 9.82. The molecule has 0 radical (unpaired) electrons. The van der Waals surface area contributed by atoms with Crippen molar-refractivity contribution in [2.24, 2.45) is 5.41 Å². The van der Waals surface area contributed by atoms with Gasteiger partial charge in [0.15, 0.2) is 0 Å². The van der Waals surface area contributed by atoms with E-state index >= 15 is 0 Å². The number of carbonyl (C=O) groups is 2. The maximum atomic E-state index is 11.6. The molecule has 0 rings (SSSR count). The summed E-state index contributed by atoms with van der Waals surface area (Å²) in [6.07, 6.45) is 0.958. The second-order valence-electron chi connectivity index (χ2n) is 4.48. The van der Waals surface area contributed by atoms with Gasteiger partial charge in [-0.2, -0.15) is 0 Å². The van der Waals surface area contributed by atoms with Crippen LogP contribution in [0.4, 0.5) is 4.79 Å². The number of carbonyl (C=O) groups excluding carboxylic acids is 1. The Morgan fingerprint density at radius 3 is 2.28 bits per heavy atom. The van der Waals surface area contributed by atoms with Crippen molar-refractivity contribution in [2.45, 2.75) is 39.7 Å². The average molecular weight is 260 g/mol. The zero-order chi connectivity index (χ0) is 14.2. The monoisotopic (exact) mass is 260 g/mol. The Morgan fingerprint density at radius 2 is 1.89 bits per heavy atom. The summed E-state index contributed by atoms with van der Waals surface area (Å²) in [5.41, 5.74) is -0.887. The van der Waals surface area contributed by atoms with E-state index in [9.17, 15) is 14.7 Å². The zero-order valence-corrected chi connectivity index (χ0v) is 11.6. The number of hydrogen-bond acceptors (Lipinski definition) is 3. The maximum absolute atomic E-state index is 11.6. The molecule has 0 saturated carbocycles. The van der Waals surface area contributed by atoms with Crippen molar-refractivity contribution in [3.63, 3.8) is 0 Å². The fourth-order valence-corrected chi connectivity index (χ4v) is 1.69. The largest absolute Gasteiger partial charge is 0.481 e. The van der Waals surface area contributed by atoms with Gasteiger partial charge in [-0.3, -0.25) is 4.79 Å². The van der Waals surface area contributed by atoms with E-state index in [0.29, 0.717) is 19.4 Å². The van der Waals surface area contributed by atoms with Crippen LogP contribution in [0.25, 0.3) is 0 Å². The zero-order valence-electron chi connectivity index (χ0n) is 11.6. The average Bonchev–Trinajstić information content (AvgIpc) is 2.30. The van der Waals surface area contributed by atoms with Crippen molar-refractivity contribution in [3.8, 4) is 0 Å². The van der Waals surface area contributed by atoms with E-state index in [0.717, 1.165) is 0 Å². The first-order valence-electron chi connectivity index (χ1n) is 6.18. The van der Waals surface area contributed by atoms with Crippen LogP contribution >= 0.6 is 0 Å². The summed E-state index contributed by atoms with van der Waals surface area (Å²) in [5.74, 6) is -0.877. The molecule has 0 spiro atoms. The normalized spacial score (nSPS) is 12.9. The van der Waals surface area contributed by atoms with Crippen molar-refractivity contribution < 1.29 is 19.4 Å². The van der Waals surface area contributed by atoms with Crippen molar-refractivity contribution >= 4 is 12.0 Å². The van der Waals surface area contributed by atoms with Crippen LogP contribution < -0.4 is 10.6 Å². The van der Waals surface area contributed by atoms with Crippen molar-refractivity contribution in [2.75, 3.05) is 20.3 Å². The van der Waals surface area contributed by atoms with Gasteiger partial charge in [0.05, 0.1) is 18.1 Å². The highest BCUT2D eigenvalue weighted by atomic mass is 16.5. The fourth-order valence-electron chi connectivity index (χ4n) is 1.69. The number of amides is 2. The number of nitrogens with one attached hydrogen (secondary N) is 2. The quantitative estimate of drug-likeness (QED) is 0.612. The van der Waals surface area contributed by atoms with Crippen LogP contribution in [0.2, 0.25) is 0 Å². The predicted molar refractivity (Wildman–Crippen MR) is 68.5 cm³/mol. The van der Waals surface area contributed by atoms with Crippen molar-refractivity contribution in [1.29, 1.82) is 0 Å². The second-order valence-corrected chi connectivity index (χ2v) is 4.48. The first-order chi connectivity index (χ1) is 8.41. The predicted octanol–water partition coefficient (Wildman–Crippen LogP) is 1.21. The van der Waals surface area contributed by atoms with Gasteiger partial charge < -0.3 is 20.5 Å². The molecule has 6 nitrogen and oxygen atoms in total. The number of urea groups is 1. The van der Waals surface area contributed by atoms with Crippen LogP contribution in [0, 0.1) is 5.41 Å². The molecule has 0 aromatic heterocycles. The fraction of sp³-hybridized carbons (Fsp3) is 0.833. The van der Waals surface area contributed by atoms with Gasteiger partial charge in [-0.05, 0) is 19.8 Å². The number of methoxy groups -OCH3 is 1. The summed E-state index contributed by atoms with van der Waals surface area (Å²) < 4.78 is 4.89. The van der Waals surface area contributed by atoms with Gasteiger partial charge in [0.2, 0.25) is 0 Å². The molecule has 0 saturated heterocycles. The molecule has 18 heavy (non-hydrogen) atoms. The lowest BCUT2D eigenvalue weighted by molar-refractivity contribution is -0.149. The number of hydrogen-bond donors (Lipinski definition) is 3. The van der Waals surface area contributed by atoms with Crippen LogP contribution in [-0.4, -0.2) is 43.4 Å². The van der Waals surface area contributed by atoms with E-state index in [2.05, 4.69) is 10.6 Å². The Hall–Kier alpha value is -1.30. The third kappa shape index (κ3) is 4.91. The summed E-state index contributed by atoms with van der Waals surface area (Å²) in [4.78, 5) is 22.8. The van der Waals surface area contributed by atoms with Gasteiger partial charge in [0.25, 0.3) is 0 Å². The third-order valence-corrected chi connectivity index (χ3v) is 3.19. The highest BCUT2D eigenvalue weighted by Crippen LogP contribution is 2.25. The molecule has 2 amide bonds. The molecule has 0 aliphatic rings. The van der Waals surface area contributed by atoms with Crippen molar-refractivity contribution in [3.05, 3.63) is 0 Å². The van der Waals surface area contributed by atoms with E-state index in [4.69, 9.17) is 4.74 Å². The Kier molecular flexibility index (Phi) is 7.35. The van der Waals surface area contributed by atoms with E-state index in [1.54, 1.807) is 7.11 Å². The van der Waals surface area contributed by atoms with Gasteiger partial charge in [-0.15, -0.1) is 0 Å². The second kappa shape index (κ2) is 7.92. The van der Waals surface area contributed by atoms with Crippen LogP contribution in [0.15, 0.2) is 0 Å². The molecule has 0 heterocycles. The lowest BCUT2D eigenvalue weighted by Gasteiger charge is -2.27. The summed E-state index contributed by atoms with van der Waals surface area (Å²) in [5, 5.41) is 14.5. The van der Waals surface area contributed by atoms with E-state index < -0.39 is 11.4 Å². The highest BCUT2D eigenvalue weighted by Gasteiger charge is 2.35. The van der Waals surface area contributed by atoms with Crippen LogP contribution in [0.3, 0.4) is 0 Å². The molecular weight excluding hydrogens is 236 g/mol. The number of rotatable bonds is 8. The molecule has 0 aromatic carbocycles. The van der Waals surface area contributed by atoms with E-state index in [-0.39, 0.29) is 18.6 Å². The summed E-state index contributed by atoms with van der Waals surface area (Å²) >= 11 is 0. The minimum absolute atomic E-state index is 0.113. The highest BCUT2D eigenvalue weighted by molar-refractivity contribution is 5.78. The first kappa shape index (κ1) is 16.7. The van der Waals surface area contributed by atoms with E-state index in [1.165, 1.54) is 0 Å². The number of carboxylic acids is 1. The lowest BCUT2D eigenvalue weighted by Crippen LogP contribution is -2.48. The van der Waals surface area contributed by atoms with Gasteiger partial charge in [0.1, 0.15) is 0 Å². The Morgan fingerprint density at radius 1 is 1.33 bits per heavy atom. The number of carboxylic acid groups (broad SMARTS) is 1. The minimum atomic E-state index is -0.887. The standard InChI is InChI=1S/C12H24N2O4/c1-5-12(6-2,10(15)16)8-13-11(17)14-9(3)7-18-4/h9H,5-8H2,1-4H3,(H,15,16)(H2,13,14,17). The molecule has 3 N–H and O–H groups in total. The molecule has 6 heteroatoms. The van der Waals surface area contributed by atoms with Crippen LogP contribution in [0.5, 0.6) is 0 Å². The molecule has 106 valence electrons. The number of ether oxygens (including phenoxy) is 1. The van der Waals surface area contributed by atoms with Gasteiger partial charge >= 0.3 is 12.0 Å². The van der Waals surface area contributed by atoms with Crippen LogP contribution in [-0.2, 0) is 9.53 Å². The maximum Gasteiger partial charge on any atom is 0.315 e. The van der Waals surface area contributed by atoms with Gasteiger partial charge in [-0.25, -0.2) is 4.79 Å². The number of aliphatic carboxylic acids is 1. The Balaban J connectivity index is 4.28. The summed E-state index contributed by atoms with van der Waals surface area (Å²) in [6, 6.07) is -0.482. The SMILES string of the molecule is CCC(CC)(CNC(=O)NC(C)COC)C(=O)O. The molecular formula is C12H24N2O4. The first-order valence-corrected chi connectivity index (χ1v) is 6.18. The Bertz CT molecular complexity index is 277. The third-order valence-electron chi connectivity index (χ3n) is 3.19. The molecule has 0 aliphatic heterocycles. The minimum Gasteiger partial charge on any atom is -0.481 e. The Labute approximate surface area is 108 Å².